The normalized spacial score (nSPS) is 15.4. The number of carbonyl (C=O) groups excluding carboxylic acids is 2. The first-order chi connectivity index (χ1) is 20.4. The molecular weight excluding hydrogens is 535 g/mol. The van der Waals surface area contributed by atoms with Crippen LogP contribution in [0.5, 0.6) is 23.0 Å². The van der Waals surface area contributed by atoms with Crippen LogP contribution < -0.4 is 20.1 Å². The van der Waals surface area contributed by atoms with E-state index in [2.05, 4.69) is 29.4 Å². The number of urea groups is 1. The van der Waals surface area contributed by atoms with Gasteiger partial charge in [-0.2, -0.15) is 0 Å². The number of hydrogen-bond donors (Lipinski definition) is 2. The Bertz CT molecular complexity index is 1350. The van der Waals surface area contributed by atoms with Crippen LogP contribution in [-0.2, 0) is 0 Å². The molecule has 0 atom stereocenters. The number of anilines is 1. The molecule has 5 rings (SSSR count). The quantitative estimate of drug-likeness (QED) is 0.261. The number of halogens is 1. The zero-order valence-corrected chi connectivity index (χ0v) is 24.3. The minimum absolute atomic E-state index is 0.0971. The predicted molar refractivity (Wildman–Crippen MR) is 161 cm³/mol. The lowest BCUT2D eigenvalue weighted by Crippen LogP contribution is -2.50. The van der Waals surface area contributed by atoms with Crippen molar-refractivity contribution in [2.24, 2.45) is 5.92 Å². The molecule has 1 aliphatic carbocycles. The number of carbonyl (C=O) groups is 2. The van der Waals surface area contributed by atoms with Gasteiger partial charge in [0.2, 0.25) is 0 Å². The zero-order chi connectivity index (χ0) is 29.5. The molecule has 3 aromatic rings. The molecular formula is C33H39FN4O4. The van der Waals surface area contributed by atoms with Gasteiger partial charge in [-0.3, -0.25) is 9.69 Å². The molecule has 0 unspecified atom stereocenters. The fraction of sp³-hybridized carbons (Fsp3) is 0.394. The van der Waals surface area contributed by atoms with Crippen LogP contribution in [-0.4, -0.2) is 60.5 Å². The van der Waals surface area contributed by atoms with Crippen LogP contribution >= 0.6 is 0 Å². The van der Waals surface area contributed by atoms with E-state index in [4.69, 9.17) is 9.47 Å². The predicted octanol–water partition coefficient (Wildman–Crippen LogP) is 6.89. The molecule has 1 aliphatic heterocycles. The molecule has 0 bridgehead atoms. The van der Waals surface area contributed by atoms with Gasteiger partial charge in [-0.1, -0.05) is 26.7 Å². The molecule has 0 spiro atoms. The van der Waals surface area contributed by atoms with Crippen molar-refractivity contribution in [1.29, 1.82) is 0 Å². The number of nitrogens with zero attached hydrogens (tertiary/aromatic N) is 2. The van der Waals surface area contributed by atoms with Crippen molar-refractivity contribution in [1.82, 2.24) is 15.1 Å². The second-order valence-corrected chi connectivity index (χ2v) is 11.0. The molecule has 8 nitrogen and oxygen atoms in total. The van der Waals surface area contributed by atoms with Crippen LogP contribution in [0.25, 0.3) is 0 Å². The highest BCUT2D eigenvalue weighted by molar-refractivity contribution is 5.94. The molecule has 3 aromatic carbocycles. The van der Waals surface area contributed by atoms with Gasteiger partial charge < -0.3 is 25.0 Å². The van der Waals surface area contributed by atoms with Gasteiger partial charge in [-0.05, 0) is 67.3 Å². The van der Waals surface area contributed by atoms with Crippen molar-refractivity contribution >= 4 is 17.6 Å². The summed E-state index contributed by atoms with van der Waals surface area (Å²) in [6.07, 6.45) is 4.38. The van der Waals surface area contributed by atoms with Crippen molar-refractivity contribution in [2.75, 3.05) is 38.0 Å². The SMILES string of the molecule is CCC(CC)CN1CCN(C(=O)Nc2cc(Oc3ccc(F)cc3)cc(Oc3ccc(C(=O)NC4CC4)cc3)c2)CC1. The van der Waals surface area contributed by atoms with E-state index < -0.39 is 0 Å². The summed E-state index contributed by atoms with van der Waals surface area (Å²) >= 11 is 0. The Hall–Kier alpha value is -4.11. The average Bonchev–Trinajstić information content (AvgIpc) is 3.81. The first-order valence-electron chi connectivity index (χ1n) is 14.8. The van der Waals surface area contributed by atoms with E-state index in [9.17, 15) is 14.0 Å². The smallest absolute Gasteiger partial charge is 0.321 e. The fourth-order valence-electron chi connectivity index (χ4n) is 4.96. The van der Waals surface area contributed by atoms with Crippen molar-refractivity contribution in [3.8, 4) is 23.0 Å². The summed E-state index contributed by atoms with van der Waals surface area (Å²) in [6, 6.07) is 17.8. The molecule has 3 amide bonds. The number of piperazine rings is 1. The van der Waals surface area contributed by atoms with Crippen LogP contribution in [0.3, 0.4) is 0 Å². The topological polar surface area (TPSA) is 83.1 Å². The highest BCUT2D eigenvalue weighted by Crippen LogP contribution is 2.33. The molecule has 2 aliphatic rings. The second-order valence-electron chi connectivity index (χ2n) is 11.0. The third-order valence-electron chi connectivity index (χ3n) is 7.78. The van der Waals surface area contributed by atoms with Gasteiger partial charge in [0.1, 0.15) is 28.8 Å². The maximum Gasteiger partial charge on any atom is 0.321 e. The van der Waals surface area contributed by atoms with Gasteiger partial charge >= 0.3 is 6.03 Å². The standard InChI is InChI=1S/C33H39FN4O4/c1-3-23(4-2)22-37-15-17-38(18-16-37)33(40)36-27-19-30(21-31(20-27)42-29-13-7-25(34)8-14-29)41-28-11-5-24(6-12-28)32(39)35-26-9-10-26/h5-8,11-14,19-21,23,26H,3-4,9-10,15-18,22H2,1-2H3,(H,35,39)(H,36,40). The molecule has 1 heterocycles. The molecule has 2 N–H and O–H groups in total. The Balaban J connectivity index is 1.27. The lowest BCUT2D eigenvalue weighted by molar-refractivity contribution is 0.0951. The molecule has 0 radical (unpaired) electrons. The monoisotopic (exact) mass is 574 g/mol. The van der Waals surface area contributed by atoms with Crippen molar-refractivity contribution in [3.05, 3.63) is 78.1 Å². The summed E-state index contributed by atoms with van der Waals surface area (Å²) in [5, 5.41) is 5.97. The van der Waals surface area contributed by atoms with E-state index in [0.29, 0.717) is 53.3 Å². The minimum Gasteiger partial charge on any atom is -0.457 e. The van der Waals surface area contributed by atoms with E-state index in [0.717, 1.165) is 45.3 Å². The van der Waals surface area contributed by atoms with E-state index in [-0.39, 0.29) is 23.8 Å². The summed E-state index contributed by atoms with van der Waals surface area (Å²) in [7, 11) is 0. The molecule has 2 fully saturated rings. The summed E-state index contributed by atoms with van der Waals surface area (Å²) < 4.78 is 25.5. The molecule has 1 saturated heterocycles. The minimum atomic E-state index is -0.360. The Morgan fingerprint density at radius 2 is 1.40 bits per heavy atom. The Morgan fingerprint density at radius 1 is 0.833 bits per heavy atom. The van der Waals surface area contributed by atoms with Gasteiger partial charge in [0.25, 0.3) is 5.91 Å². The largest absolute Gasteiger partial charge is 0.457 e. The van der Waals surface area contributed by atoms with Gasteiger partial charge in [-0.25, -0.2) is 9.18 Å². The van der Waals surface area contributed by atoms with Gasteiger partial charge in [0, 0.05) is 68.2 Å². The maximum absolute atomic E-state index is 13.4. The van der Waals surface area contributed by atoms with E-state index in [1.807, 2.05) is 4.90 Å². The lowest BCUT2D eigenvalue weighted by Gasteiger charge is -2.36. The van der Waals surface area contributed by atoms with Crippen LogP contribution in [0.1, 0.15) is 49.9 Å². The number of benzene rings is 3. The molecule has 0 aromatic heterocycles. The van der Waals surface area contributed by atoms with Crippen molar-refractivity contribution in [2.45, 2.75) is 45.6 Å². The van der Waals surface area contributed by atoms with Crippen molar-refractivity contribution in [3.63, 3.8) is 0 Å². The first kappa shape index (κ1) is 29.4. The molecule has 222 valence electrons. The van der Waals surface area contributed by atoms with Crippen LogP contribution in [0.15, 0.2) is 66.7 Å². The first-order valence-corrected chi connectivity index (χ1v) is 14.8. The highest BCUT2D eigenvalue weighted by atomic mass is 19.1. The number of hydrogen-bond acceptors (Lipinski definition) is 5. The van der Waals surface area contributed by atoms with Crippen LogP contribution in [0.2, 0.25) is 0 Å². The fourth-order valence-corrected chi connectivity index (χ4v) is 4.96. The number of amides is 3. The third-order valence-corrected chi connectivity index (χ3v) is 7.78. The third kappa shape index (κ3) is 8.22. The lowest BCUT2D eigenvalue weighted by atomic mass is 10.0. The molecule has 9 heteroatoms. The summed E-state index contributed by atoms with van der Waals surface area (Å²) in [5.74, 6) is 2.07. The van der Waals surface area contributed by atoms with Gasteiger partial charge in [-0.15, -0.1) is 0 Å². The van der Waals surface area contributed by atoms with Gasteiger partial charge in [0.05, 0.1) is 0 Å². The number of ether oxygens (including phenoxy) is 2. The molecule has 1 saturated carbocycles. The summed E-state index contributed by atoms with van der Waals surface area (Å²) in [4.78, 5) is 29.8. The van der Waals surface area contributed by atoms with E-state index in [1.54, 1.807) is 42.5 Å². The van der Waals surface area contributed by atoms with Crippen molar-refractivity contribution < 1.29 is 23.5 Å². The van der Waals surface area contributed by atoms with Gasteiger partial charge in [0.15, 0.2) is 0 Å². The highest BCUT2D eigenvalue weighted by Gasteiger charge is 2.24. The average molecular weight is 575 g/mol. The Labute approximate surface area is 246 Å². The summed E-state index contributed by atoms with van der Waals surface area (Å²) in [6.45, 7) is 8.53. The number of nitrogens with one attached hydrogen (secondary N) is 2. The molecule has 42 heavy (non-hydrogen) atoms. The number of rotatable bonds is 11. The van der Waals surface area contributed by atoms with Crippen LogP contribution in [0, 0.1) is 11.7 Å². The van der Waals surface area contributed by atoms with E-state index >= 15 is 0 Å². The Kier molecular flexibility index (Phi) is 9.59. The second kappa shape index (κ2) is 13.7. The summed E-state index contributed by atoms with van der Waals surface area (Å²) in [5.41, 5.74) is 1.07. The maximum atomic E-state index is 13.4. The van der Waals surface area contributed by atoms with Crippen LogP contribution in [0.4, 0.5) is 14.9 Å². The zero-order valence-electron chi connectivity index (χ0n) is 24.3. The van der Waals surface area contributed by atoms with E-state index in [1.165, 1.54) is 24.3 Å². The Morgan fingerprint density at radius 3 is 1.95 bits per heavy atom.